The Bertz CT molecular complexity index is 877. The highest BCUT2D eigenvalue weighted by molar-refractivity contribution is 5.83. The van der Waals surface area contributed by atoms with Crippen LogP contribution in [0.15, 0.2) is 30.3 Å². The van der Waals surface area contributed by atoms with E-state index in [-0.39, 0.29) is 5.39 Å². The van der Waals surface area contributed by atoms with E-state index in [1.165, 1.54) is 0 Å². The number of pyridine rings is 1. The largest absolute Gasteiger partial charge is 0.417 e. The Balaban J connectivity index is 2.17. The van der Waals surface area contributed by atoms with Gasteiger partial charge in [0.2, 0.25) is 0 Å². The lowest BCUT2D eigenvalue weighted by atomic mass is 10.1. The number of alkyl halides is 3. The highest BCUT2D eigenvalue weighted by Crippen LogP contribution is 2.36. The molecule has 0 N–H and O–H groups in total. The Kier molecular flexibility index (Phi) is 4.07. The summed E-state index contributed by atoms with van der Waals surface area (Å²) in [5.74, 6) is 0. The first-order chi connectivity index (χ1) is 11.3. The topological polar surface area (TPSA) is 30.7 Å². The summed E-state index contributed by atoms with van der Waals surface area (Å²) in [6, 6.07) is 8.98. The van der Waals surface area contributed by atoms with Gasteiger partial charge in [-0.25, -0.2) is 9.67 Å². The van der Waals surface area contributed by atoms with Crippen molar-refractivity contribution in [1.29, 1.82) is 0 Å². The van der Waals surface area contributed by atoms with Gasteiger partial charge in [-0.3, -0.25) is 0 Å². The molecule has 0 fully saturated rings. The smallest absolute Gasteiger partial charge is 0.243 e. The molecular formula is C18H18F3N3. The van der Waals surface area contributed by atoms with E-state index in [1.54, 1.807) is 18.5 Å². The van der Waals surface area contributed by atoms with Gasteiger partial charge in [0.05, 0.1) is 23.2 Å². The third kappa shape index (κ3) is 3.00. The second-order valence-corrected chi connectivity index (χ2v) is 5.94. The Labute approximate surface area is 138 Å². The van der Waals surface area contributed by atoms with Gasteiger partial charge in [0.15, 0.2) is 5.65 Å². The fourth-order valence-corrected chi connectivity index (χ4v) is 2.79. The summed E-state index contributed by atoms with van der Waals surface area (Å²) >= 11 is 0. The molecule has 3 aromatic rings. The Morgan fingerprint density at radius 2 is 1.75 bits per heavy atom. The molecule has 2 aromatic heterocycles. The van der Waals surface area contributed by atoms with Crippen molar-refractivity contribution in [2.45, 2.75) is 39.9 Å². The number of halogens is 3. The number of fused-ring (bicyclic) bond motifs is 1. The van der Waals surface area contributed by atoms with Gasteiger partial charge in [-0.1, -0.05) is 36.8 Å². The summed E-state index contributed by atoms with van der Waals surface area (Å²) in [5, 5.41) is 4.40. The van der Waals surface area contributed by atoms with Crippen molar-refractivity contribution >= 4 is 11.0 Å². The average Bonchev–Trinajstić information content (AvgIpc) is 2.84. The molecule has 0 spiro atoms. The minimum Gasteiger partial charge on any atom is -0.243 e. The van der Waals surface area contributed by atoms with E-state index in [2.05, 4.69) is 10.1 Å². The Morgan fingerprint density at radius 3 is 2.33 bits per heavy atom. The summed E-state index contributed by atoms with van der Waals surface area (Å²) in [6.07, 6.45) is -3.98. The molecule has 126 valence electrons. The molecule has 1 aromatic carbocycles. The summed E-state index contributed by atoms with van der Waals surface area (Å²) < 4.78 is 41.8. The van der Waals surface area contributed by atoms with Crippen LogP contribution in [0, 0.1) is 13.8 Å². The molecule has 0 saturated heterocycles. The summed E-state index contributed by atoms with van der Waals surface area (Å²) in [4.78, 5) is 4.40. The molecule has 0 bridgehead atoms. The van der Waals surface area contributed by atoms with Gasteiger partial charge in [-0.05, 0) is 31.9 Å². The molecular weight excluding hydrogens is 315 g/mol. The van der Waals surface area contributed by atoms with Crippen LogP contribution < -0.4 is 0 Å². The van der Waals surface area contributed by atoms with Gasteiger partial charge in [-0.2, -0.15) is 18.3 Å². The van der Waals surface area contributed by atoms with E-state index >= 15 is 0 Å². The van der Waals surface area contributed by atoms with Gasteiger partial charge in [0, 0.05) is 5.69 Å². The summed E-state index contributed by atoms with van der Waals surface area (Å²) in [5.41, 5.74) is 2.50. The maximum atomic E-state index is 13.4. The van der Waals surface area contributed by atoms with Crippen LogP contribution >= 0.6 is 0 Å². The Hall–Kier alpha value is -2.37. The number of aromatic nitrogens is 3. The molecule has 0 aliphatic heterocycles. The van der Waals surface area contributed by atoms with Gasteiger partial charge in [0.1, 0.15) is 0 Å². The zero-order chi connectivity index (χ0) is 17.5. The number of aryl methyl sites for hydroxylation is 3. The first kappa shape index (κ1) is 16.5. The first-order valence-corrected chi connectivity index (χ1v) is 7.79. The minimum atomic E-state index is -4.42. The highest BCUT2D eigenvalue weighted by Gasteiger charge is 2.35. The molecule has 0 aliphatic rings. The van der Waals surface area contributed by atoms with E-state index in [9.17, 15) is 13.2 Å². The SMILES string of the molecule is CCc1cc(C(F)(F)F)c2c(C)nn(Cc3ccc(C)cc3)c2n1. The van der Waals surface area contributed by atoms with E-state index in [4.69, 9.17) is 0 Å². The fourth-order valence-electron chi connectivity index (χ4n) is 2.79. The minimum absolute atomic E-state index is 0.0896. The van der Waals surface area contributed by atoms with Crippen molar-refractivity contribution in [3.05, 3.63) is 58.4 Å². The lowest BCUT2D eigenvalue weighted by Gasteiger charge is -2.11. The molecule has 24 heavy (non-hydrogen) atoms. The van der Waals surface area contributed by atoms with Crippen LogP contribution in [-0.2, 0) is 19.1 Å². The predicted octanol–water partition coefficient (Wildman–Crippen LogP) is 4.68. The first-order valence-electron chi connectivity index (χ1n) is 7.79. The summed E-state index contributed by atoms with van der Waals surface area (Å²) in [6.45, 7) is 5.77. The second kappa shape index (κ2) is 5.92. The fraction of sp³-hybridized carbons (Fsp3) is 0.333. The Morgan fingerprint density at radius 1 is 1.08 bits per heavy atom. The number of rotatable bonds is 3. The predicted molar refractivity (Wildman–Crippen MR) is 86.9 cm³/mol. The van der Waals surface area contributed by atoms with Gasteiger partial charge in [-0.15, -0.1) is 0 Å². The zero-order valence-corrected chi connectivity index (χ0v) is 13.8. The van der Waals surface area contributed by atoms with Crippen LogP contribution in [0.5, 0.6) is 0 Å². The van der Waals surface area contributed by atoms with Crippen molar-refractivity contribution in [3.63, 3.8) is 0 Å². The van der Waals surface area contributed by atoms with E-state index in [0.717, 1.165) is 17.2 Å². The average molecular weight is 333 g/mol. The standard InChI is InChI=1S/C18H18F3N3/c1-4-14-9-15(18(19,20)21)16-12(3)23-24(17(16)22-14)10-13-7-5-11(2)6-8-13/h5-9H,4,10H2,1-3H3. The number of hydrogen-bond donors (Lipinski definition) is 0. The maximum absolute atomic E-state index is 13.4. The van der Waals surface area contributed by atoms with E-state index < -0.39 is 11.7 Å². The van der Waals surface area contributed by atoms with Crippen molar-refractivity contribution in [2.24, 2.45) is 0 Å². The van der Waals surface area contributed by atoms with Crippen LogP contribution in [-0.4, -0.2) is 14.8 Å². The lowest BCUT2D eigenvalue weighted by Crippen LogP contribution is -2.09. The second-order valence-electron chi connectivity index (χ2n) is 5.94. The van der Waals surface area contributed by atoms with Crippen LogP contribution in [0.3, 0.4) is 0 Å². The third-order valence-electron chi connectivity index (χ3n) is 4.05. The monoisotopic (exact) mass is 333 g/mol. The number of benzene rings is 1. The molecule has 3 rings (SSSR count). The highest BCUT2D eigenvalue weighted by atomic mass is 19.4. The number of nitrogens with zero attached hydrogens (tertiary/aromatic N) is 3. The van der Waals surface area contributed by atoms with E-state index in [1.807, 2.05) is 31.2 Å². The number of hydrogen-bond acceptors (Lipinski definition) is 2. The molecule has 6 heteroatoms. The quantitative estimate of drug-likeness (QED) is 0.697. The molecule has 0 atom stereocenters. The third-order valence-corrected chi connectivity index (χ3v) is 4.05. The van der Waals surface area contributed by atoms with Crippen molar-refractivity contribution in [1.82, 2.24) is 14.8 Å². The van der Waals surface area contributed by atoms with Crippen LogP contribution in [0.1, 0.15) is 35.0 Å². The molecule has 2 heterocycles. The van der Waals surface area contributed by atoms with Crippen molar-refractivity contribution in [2.75, 3.05) is 0 Å². The van der Waals surface area contributed by atoms with Crippen molar-refractivity contribution < 1.29 is 13.2 Å². The van der Waals surface area contributed by atoms with Crippen LogP contribution in [0.25, 0.3) is 11.0 Å². The maximum Gasteiger partial charge on any atom is 0.417 e. The van der Waals surface area contributed by atoms with Crippen LogP contribution in [0.2, 0.25) is 0 Å². The van der Waals surface area contributed by atoms with Gasteiger partial charge >= 0.3 is 6.18 Å². The van der Waals surface area contributed by atoms with Gasteiger partial charge < -0.3 is 0 Å². The van der Waals surface area contributed by atoms with Crippen LogP contribution in [0.4, 0.5) is 13.2 Å². The molecule has 3 nitrogen and oxygen atoms in total. The molecule has 0 unspecified atom stereocenters. The van der Waals surface area contributed by atoms with Crippen molar-refractivity contribution in [3.8, 4) is 0 Å². The van der Waals surface area contributed by atoms with Gasteiger partial charge in [0.25, 0.3) is 0 Å². The van der Waals surface area contributed by atoms with E-state index in [0.29, 0.717) is 30.0 Å². The lowest BCUT2D eigenvalue weighted by molar-refractivity contribution is -0.136. The molecule has 0 saturated carbocycles. The molecule has 0 radical (unpaired) electrons. The summed E-state index contributed by atoms with van der Waals surface area (Å²) in [7, 11) is 0. The molecule has 0 amide bonds. The normalized spacial score (nSPS) is 12.1. The molecule has 0 aliphatic carbocycles. The zero-order valence-electron chi connectivity index (χ0n) is 13.8.